The fourth-order valence-corrected chi connectivity index (χ4v) is 1.81. The Bertz CT molecular complexity index is 337. The lowest BCUT2D eigenvalue weighted by Crippen LogP contribution is -2.09. The van der Waals surface area contributed by atoms with Crippen LogP contribution in [0.2, 0.25) is 0 Å². The summed E-state index contributed by atoms with van der Waals surface area (Å²) in [5.41, 5.74) is 5.83. The molecule has 96 valence electrons. The first-order valence-electron chi connectivity index (χ1n) is 5.80. The Kier molecular flexibility index (Phi) is 5.00. The smallest absolute Gasteiger partial charge is 0.330 e. The largest absolute Gasteiger partial charge is 0.416 e. The molecular formula is C13H18F3N. The molecule has 0 fully saturated rings. The maximum Gasteiger partial charge on any atom is 0.416 e. The molecule has 0 aromatic rings. The number of allylic oxidation sites excluding steroid dienone is 6. The fourth-order valence-electron chi connectivity index (χ4n) is 1.81. The van der Waals surface area contributed by atoms with Crippen molar-refractivity contribution in [3.8, 4) is 0 Å². The molecule has 4 heteroatoms. The number of halogens is 3. The predicted molar refractivity (Wildman–Crippen MR) is 63.4 cm³/mol. The molecule has 1 atom stereocenters. The zero-order chi connectivity index (χ0) is 12.9. The van der Waals surface area contributed by atoms with Crippen molar-refractivity contribution in [1.29, 1.82) is 0 Å². The lowest BCUT2D eigenvalue weighted by molar-refractivity contribution is -0.0883. The maximum atomic E-state index is 12.5. The van der Waals surface area contributed by atoms with Crippen LogP contribution in [0.4, 0.5) is 13.2 Å². The third-order valence-corrected chi connectivity index (χ3v) is 2.88. The second-order valence-corrected chi connectivity index (χ2v) is 4.26. The van der Waals surface area contributed by atoms with Crippen molar-refractivity contribution in [1.82, 2.24) is 0 Å². The van der Waals surface area contributed by atoms with Crippen molar-refractivity contribution in [2.75, 3.05) is 6.54 Å². The van der Waals surface area contributed by atoms with Gasteiger partial charge >= 0.3 is 6.18 Å². The van der Waals surface area contributed by atoms with Crippen LogP contribution in [0.3, 0.4) is 0 Å². The zero-order valence-electron chi connectivity index (χ0n) is 9.93. The first-order valence-corrected chi connectivity index (χ1v) is 5.80. The van der Waals surface area contributed by atoms with E-state index in [4.69, 9.17) is 5.73 Å². The molecule has 1 unspecified atom stereocenters. The van der Waals surface area contributed by atoms with Gasteiger partial charge in [-0.1, -0.05) is 31.2 Å². The predicted octanol–water partition coefficient (Wildman–Crippen LogP) is 3.74. The molecule has 0 radical (unpaired) electrons. The van der Waals surface area contributed by atoms with Crippen LogP contribution in [0.25, 0.3) is 0 Å². The highest BCUT2D eigenvalue weighted by atomic mass is 19.4. The van der Waals surface area contributed by atoms with Gasteiger partial charge in [0.2, 0.25) is 0 Å². The molecule has 1 aliphatic carbocycles. The molecule has 0 heterocycles. The first-order chi connectivity index (χ1) is 7.95. The molecule has 1 rings (SSSR count). The molecule has 0 aromatic heterocycles. The molecule has 2 N–H and O–H groups in total. The summed E-state index contributed by atoms with van der Waals surface area (Å²) in [7, 11) is 0. The summed E-state index contributed by atoms with van der Waals surface area (Å²) in [6.07, 6.45) is 3.71. The Hall–Kier alpha value is -1.03. The van der Waals surface area contributed by atoms with E-state index in [-0.39, 0.29) is 5.92 Å². The number of rotatable bonds is 4. The topological polar surface area (TPSA) is 26.0 Å². The van der Waals surface area contributed by atoms with E-state index in [2.05, 4.69) is 0 Å². The van der Waals surface area contributed by atoms with Crippen LogP contribution in [-0.2, 0) is 0 Å². The van der Waals surface area contributed by atoms with Crippen LogP contribution >= 0.6 is 0 Å². The standard InChI is InChI=1S/C13H18F3N/c1-10(4-3-9-17)11-5-2-6-12(8-7-11)13(14,15)16/h5-8,10H,2-4,9,17H2,1H3. The molecule has 0 saturated carbocycles. The van der Waals surface area contributed by atoms with Crippen LogP contribution in [-0.4, -0.2) is 12.7 Å². The van der Waals surface area contributed by atoms with Gasteiger partial charge < -0.3 is 5.73 Å². The van der Waals surface area contributed by atoms with Gasteiger partial charge in [0.25, 0.3) is 0 Å². The van der Waals surface area contributed by atoms with Crippen molar-refractivity contribution in [2.45, 2.75) is 32.4 Å². The lowest BCUT2D eigenvalue weighted by atomic mass is 9.95. The quantitative estimate of drug-likeness (QED) is 0.802. The maximum absolute atomic E-state index is 12.5. The van der Waals surface area contributed by atoms with Gasteiger partial charge in [-0.15, -0.1) is 0 Å². The highest BCUT2D eigenvalue weighted by Crippen LogP contribution is 2.30. The average Bonchev–Trinajstić information content (AvgIpc) is 2.50. The molecule has 0 aromatic carbocycles. The van der Waals surface area contributed by atoms with Crippen LogP contribution in [0.5, 0.6) is 0 Å². The Morgan fingerprint density at radius 1 is 1.29 bits per heavy atom. The van der Waals surface area contributed by atoms with Crippen molar-refractivity contribution in [2.24, 2.45) is 11.7 Å². The Morgan fingerprint density at radius 2 is 2.00 bits per heavy atom. The molecule has 1 nitrogen and oxygen atoms in total. The minimum absolute atomic E-state index is 0.260. The summed E-state index contributed by atoms with van der Waals surface area (Å²) in [5.74, 6) is 0.260. The monoisotopic (exact) mass is 245 g/mol. The number of alkyl halides is 3. The number of hydrogen-bond donors (Lipinski definition) is 1. The minimum atomic E-state index is -4.25. The van der Waals surface area contributed by atoms with Crippen molar-refractivity contribution in [3.63, 3.8) is 0 Å². The molecule has 0 aliphatic heterocycles. The van der Waals surface area contributed by atoms with Gasteiger partial charge in [0.1, 0.15) is 0 Å². The molecule has 1 aliphatic rings. The van der Waals surface area contributed by atoms with Crippen LogP contribution in [0.15, 0.2) is 35.5 Å². The molecule has 0 bridgehead atoms. The van der Waals surface area contributed by atoms with E-state index < -0.39 is 11.7 Å². The molecule has 0 amide bonds. The summed E-state index contributed by atoms with van der Waals surface area (Å²) in [6.45, 7) is 2.64. The molecule has 0 saturated heterocycles. The van der Waals surface area contributed by atoms with E-state index in [1.807, 2.05) is 13.0 Å². The summed E-state index contributed by atoms with van der Waals surface area (Å²) >= 11 is 0. The van der Waals surface area contributed by atoms with Crippen molar-refractivity contribution in [3.05, 3.63) is 35.5 Å². The third-order valence-electron chi connectivity index (χ3n) is 2.88. The second kappa shape index (κ2) is 6.05. The van der Waals surface area contributed by atoms with E-state index in [9.17, 15) is 13.2 Å². The van der Waals surface area contributed by atoms with Crippen LogP contribution < -0.4 is 5.73 Å². The fraction of sp³-hybridized carbons (Fsp3) is 0.538. The first kappa shape index (κ1) is 14.0. The molecule has 0 spiro atoms. The highest BCUT2D eigenvalue weighted by Gasteiger charge is 2.31. The van der Waals surface area contributed by atoms with Crippen molar-refractivity contribution >= 4 is 0 Å². The van der Waals surface area contributed by atoms with Crippen molar-refractivity contribution < 1.29 is 13.2 Å². The van der Waals surface area contributed by atoms with E-state index >= 15 is 0 Å². The summed E-state index contributed by atoms with van der Waals surface area (Å²) in [6, 6.07) is 0. The summed E-state index contributed by atoms with van der Waals surface area (Å²) in [4.78, 5) is 0. The van der Waals surface area contributed by atoms with E-state index in [0.717, 1.165) is 24.5 Å². The van der Waals surface area contributed by atoms with E-state index in [0.29, 0.717) is 13.0 Å². The highest BCUT2D eigenvalue weighted by molar-refractivity contribution is 5.35. The van der Waals surface area contributed by atoms with E-state index in [1.165, 1.54) is 6.08 Å². The lowest BCUT2D eigenvalue weighted by Gasteiger charge is -2.11. The third kappa shape index (κ3) is 4.38. The minimum Gasteiger partial charge on any atom is -0.330 e. The average molecular weight is 245 g/mol. The van der Waals surface area contributed by atoms with Crippen LogP contribution in [0.1, 0.15) is 26.2 Å². The van der Waals surface area contributed by atoms with Crippen LogP contribution in [0, 0.1) is 5.92 Å². The van der Waals surface area contributed by atoms with Gasteiger partial charge in [0.15, 0.2) is 0 Å². The number of nitrogens with two attached hydrogens (primary N) is 1. The van der Waals surface area contributed by atoms with Gasteiger partial charge in [-0.3, -0.25) is 0 Å². The van der Waals surface area contributed by atoms with Gasteiger partial charge in [0.05, 0.1) is 5.57 Å². The van der Waals surface area contributed by atoms with Gasteiger partial charge in [-0.25, -0.2) is 0 Å². The molecular weight excluding hydrogens is 227 g/mol. The second-order valence-electron chi connectivity index (χ2n) is 4.26. The zero-order valence-corrected chi connectivity index (χ0v) is 9.93. The Labute approximate surface area is 99.9 Å². The normalized spacial score (nSPS) is 18.4. The summed E-state index contributed by atoms with van der Waals surface area (Å²) in [5, 5.41) is 0. The van der Waals surface area contributed by atoms with Gasteiger partial charge in [0, 0.05) is 0 Å². The Morgan fingerprint density at radius 3 is 2.59 bits per heavy atom. The van der Waals surface area contributed by atoms with E-state index in [1.54, 1.807) is 6.08 Å². The number of hydrogen-bond acceptors (Lipinski definition) is 1. The molecule has 17 heavy (non-hydrogen) atoms. The van der Waals surface area contributed by atoms with Gasteiger partial charge in [-0.05, 0) is 37.3 Å². The SMILES string of the molecule is CC(CCCN)C1=CCC=C(C(F)(F)F)C=C1. The Balaban J connectivity index is 2.67. The van der Waals surface area contributed by atoms with Gasteiger partial charge in [-0.2, -0.15) is 13.2 Å². The summed E-state index contributed by atoms with van der Waals surface area (Å²) < 4.78 is 37.5.